The molecule has 3 heterocycles. The van der Waals surface area contributed by atoms with Gasteiger partial charge in [-0.25, -0.2) is 18.7 Å². The smallest absolute Gasteiger partial charge is 0.306 e. The van der Waals surface area contributed by atoms with E-state index in [0.717, 1.165) is 0 Å². The maximum atomic E-state index is 13.1. The SMILES string of the molecule is CC(C)(O)c1cc(Nc2cc(C(F)F)ccn2)nc(-c2ccc(C(C)(O)[C@H]3CC[C@H](C(=O)O)CC3)nc2)c1. The molecule has 1 fully saturated rings. The minimum absolute atomic E-state index is 0.111. The lowest BCUT2D eigenvalue weighted by Gasteiger charge is -2.36. The van der Waals surface area contributed by atoms with Crippen molar-refractivity contribution >= 4 is 17.6 Å². The van der Waals surface area contributed by atoms with Crippen molar-refractivity contribution in [2.45, 2.75) is 64.1 Å². The third kappa shape index (κ3) is 6.14. The second kappa shape index (κ2) is 10.7. The molecule has 0 saturated heterocycles. The van der Waals surface area contributed by atoms with Gasteiger partial charge in [0, 0.05) is 23.5 Å². The number of halogens is 2. The van der Waals surface area contributed by atoms with Gasteiger partial charge in [0.25, 0.3) is 6.43 Å². The number of hydrogen-bond acceptors (Lipinski definition) is 7. The van der Waals surface area contributed by atoms with Gasteiger partial charge in [0.15, 0.2) is 0 Å². The fourth-order valence-corrected chi connectivity index (χ4v) is 4.83. The number of anilines is 2. The van der Waals surface area contributed by atoms with Crippen molar-refractivity contribution in [3.8, 4) is 11.3 Å². The average molecular weight is 527 g/mol. The zero-order valence-corrected chi connectivity index (χ0v) is 21.5. The Kier molecular flexibility index (Phi) is 7.75. The lowest BCUT2D eigenvalue weighted by Crippen LogP contribution is -2.36. The van der Waals surface area contributed by atoms with Gasteiger partial charge in [0.2, 0.25) is 0 Å². The Morgan fingerprint density at radius 2 is 1.71 bits per heavy atom. The summed E-state index contributed by atoms with van der Waals surface area (Å²) in [5.41, 5.74) is -0.479. The van der Waals surface area contributed by atoms with E-state index in [1.54, 1.807) is 51.2 Å². The van der Waals surface area contributed by atoms with Crippen LogP contribution in [0, 0.1) is 11.8 Å². The molecule has 202 valence electrons. The molecular weight excluding hydrogens is 494 g/mol. The van der Waals surface area contributed by atoms with Gasteiger partial charge in [-0.05, 0) is 94.3 Å². The number of carbonyl (C=O) groups is 1. The highest BCUT2D eigenvalue weighted by Crippen LogP contribution is 2.40. The number of nitrogens with zero attached hydrogens (tertiary/aromatic N) is 3. The molecule has 4 rings (SSSR count). The normalized spacial score (nSPS) is 19.7. The summed E-state index contributed by atoms with van der Waals surface area (Å²) in [5.74, 6) is -0.776. The monoisotopic (exact) mass is 526 g/mol. The van der Waals surface area contributed by atoms with Crippen LogP contribution in [0.15, 0.2) is 48.8 Å². The van der Waals surface area contributed by atoms with Crippen molar-refractivity contribution < 1.29 is 28.9 Å². The fourth-order valence-electron chi connectivity index (χ4n) is 4.83. The predicted molar refractivity (Wildman–Crippen MR) is 138 cm³/mol. The predicted octanol–water partition coefficient (Wildman–Crippen LogP) is 5.55. The van der Waals surface area contributed by atoms with Crippen LogP contribution in [0.1, 0.15) is 69.7 Å². The molecule has 1 atom stereocenters. The highest BCUT2D eigenvalue weighted by atomic mass is 19.3. The van der Waals surface area contributed by atoms with Crippen LogP contribution in [0.3, 0.4) is 0 Å². The lowest BCUT2D eigenvalue weighted by molar-refractivity contribution is -0.144. The number of pyridine rings is 3. The Labute approximate surface area is 219 Å². The molecule has 0 aliphatic heterocycles. The third-order valence-corrected chi connectivity index (χ3v) is 7.27. The average Bonchev–Trinajstić information content (AvgIpc) is 2.88. The Morgan fingerprint density at radius 1 is 1.00 bits per heavy atom. The molecular formula is C28H32F2N4O4. The molecule has 0 aromatic carbocycles. The van der Waals surface area contributed by atoms with Crippen LogP contribution in [0.5, 0.6) is 0 Å². The van der Waals surface area contributed by atoms with E-state index >= 15 is 0 Å². The van der Waals surface area contributed by atoms with Crippen LogP contribution in [0.4, 0.5) is 20.4 Å². The molecule has 0 amide bonds. The largest absolute Gasteiger partial charge is 0.481 e. The molecule has 0 spiro atoms. The fraction of sp³-hybridized carbons (Fsp3) is 0.429. The number of aliphatic hydroxyl groups is 2. The molecule has 3 aromatic rings. The minimum atomic E-state index is -2.64. The second-order valence-corrected chi connectivity index (χ2v) is 10.6. The number of hydrogen-bond donors (Lipinski definition) is 4. The van der Waals surface area contributed by atoms with Gasteiger partial charge >= 0.3 is 5.97 Å². The van der Waals surface area contributed by atoms with Crippen molar-refractivity contribution in [2.75, 3.05) is 5.32 Å². The Balaban J connectivity index is 1.60. The summed E-state index contributed by atoms with van der Waals surface area (Å²) < 4.78 is 26.2. The number of aliphatic carboxylic acids is 1. The maximum absolute atomic E-state index is 13.1. The van der Waals surface area contributed by atoms with Gasteiger partial charge in [-0.1, -0.05) is 0 Å². The molecule has 1 aliphatic carbocycles. The first kappa shape index (κ1) is 27.5. The highest BCUT2D eigenvalue weighted by Gasteiger charge is 2.39. The minimum Gasteiger partial charge on any atom is -0.481 e. The molecule has 1 aliphatic rings. The van der Waals surface area contributed by atoms with Crippen LogP contribution in [-0.2, 0) is 16.0 Å². The number of carboxylic acids is 1. The highest BCUT2D eigenvalue weighted by molar-refractivity contribution is 5.70. The van der Waals surface area contributed by atoms with Crippen LogP contribution < -0.4 is 5.32 Å². The summed E-state index contributed by atoms with van der Waals surface area (Å²) in [6.45, 7) is 4.96. The maximum Gasteiger partial charge on any atom is 0.306 e. The zero-order valence-electron chi connectivity index (χ0n) is 21.5. The van der Waals surface area contributed by atoms with Gasteiger partial charge in [0.05, 0.1) is 22.9 Å². The van der Waals surface area contributed by atoms with Crippen molar-refractivity contribution in [2.24, 2.45) is 11.8 Å². The van der Waals surface area contributed by atoms with Crippen molar-refractivity contribution in [3.05, 3.63) is 65.6 Å². The van der Waals surface area contributed by atoms with Crippen LogP contribution in [0.2, 0.25) is 0 Å². The van der Waals surface area contributed by atoms with E-state index in [1.165, 1.54) is 18.3 Å². The quantitative estimate of drug-likeness (QED) is 0.301. The summed E-state index contributed by atoms with van der Waals surface area (Å²) in [7, 11) is 0. The van der Waals surface area contributed by atoms with Gasteiger partial charge in [-0.2, -0.15) is 0 Å². The number of aromatic nitrogens is 3. The van der Waals surface area contributed by atoms with Gasteiger partial charge < -0.3 is 20.6 Å². The number of rotatable bonds is 8. The van der Waals surface area contributed by atoms with Gasteiger partial charge in [-0.3, -0.25) is 9.78 Å². The summed E-state index contributed by atoms with van der Waals surface area (Å²) in [4.78, 5) is 24.5. The molecule has 0 radical (unpaired) electrons. The Hall–Kier alpha value is -3.50. The van der Waals surface area contributed by atoms with Gasteiger partial charge in [-0.15, -0.1) is 0 Å². The summed E-state index contributed by atoms with van der Waals surface area (Å²) in [6, 6.07) is 9.32. The van der Waals surface area contributed by atoms with Crippen LogP contribution in [0.25, 0.3) is 11.3 Å². The van der Waals surface area contributed by atoms with Crippen molar-refractivity contribution in [1.82, 2.24) is 15.0 Å². The first-order chi connectivity index (χ1) is 17.8. The topological polar surface area (TPSA) is 128 Å². The molecule has 4 N–H and O–H groups in total. The van der Waals surface area contributed by atoms with E-state index in [-0.39, 0.29) is 23.2 Å². The molecule has 10 heteroatoms. The first-order valence-corrected chi connectivity index (χ1v) is 12.5. The van der Waals surface area contributed by atoms with Crippen molar-refractivity contribution in [1.29, 1.82) is 0 Å². The van der Waals surface area contributed by atoms with Crippen molar-refractivity contribution in [3.63, 3.8) is 0 Å². The third-order valence-electron chi connectivity index (χ3n) is 7.27. The van der Waals surface area contributed by atoms with Crippen LogP contribution in [-0.4, -0.2) is 36.2 Å². The molecule has 0 bridgehead atoms. The Morgan fingerprint density at radius 3 is 2.29 bits per heavy atom. The van der Waals surface area contributed by atoms with E-state index in [9.17, 15) is 28.9 Å². The second-order valence-electron chi connectivity index (χ2n) is 10.6. The van der Waals surface area contributed by atoms with E-state index in [4.69, 9.17) is 0 Å². The van der Waals surface area contributed by atoms with E-state index in [1.807, 2.05) is 0 Å². The van der Waals surface area contributed by atoms with E-state index in [2.05, 4.69) is 20.3 Å². The summed E-state index contributed by atoms with van der Waals surface area (Å²) in [5, 5.41) is 34.1. The standard InChI is InChI=1S/C28H32F2N4O4/c1-27(2,37)20-13-21(33-24(14-20)34-23-12-17(25(29)30)10-11-31-23)18-6-9-22(32-15-18)28(3,38)19-7-4-16(5-8-19)26(35)36/h6,9-16,19,25,37-38H,4-5,7-8H2,1-3H3,(H,35,36)(H,31,33,34)/t16-,19-,28?. The van der Waals surface area contributed by atoms with Crippen LogP contribution >= 0.6 is 0 Å². The first-order valence-electron chi connectivity index (χ1n) is 12.5. The van der Waals surface area contributed by atoms with E-state index in [0.29, 0.717) is 54.0 Å². The zero-order chi connectivity index (χ0) is 27.7. The summed E-state index contributed by atoms with van der Waals surface area (Å²) >= 11 is 0. The number of carboxylic acid groups (broad SMARTS) is 1. The molecule has 3 aromatic heterocycles. The Bertz CT molecular complexity index is 1280. The van der Waals surface area contributed by atoms with E-state index < -0.39 is 23.6 Å². The lowest BCUT2D eigenvalue weighted by atomic mass is 9.73. The molecule has 38 heavy (non-hydrogen) atoms. The number of nitrogens with one attached hydrogen (secondary N) is 1. The molecule has 1 saturated carbocycles. The molecule has 1 unspecified atom stereocenters. The summed E-state index contributed by atoms with van der Waals surface area (Å²) in [6.07, 6.45) is 2.46. The van der Waals surface area contributed by atoms with Gasteiger partial charge in [0.1, 0.15) is 17.2 Å². The number of alkyl halides is 2. The molecule has 8 nitrogen and oxygen atoms in total.